The van der Waals surface area contributed by atoms with Crippen molar-refractivity contribution in [2.45, 2.75) is 13.0 Å². The molecule has 7 heteroatoms. The third-order valence-electron chi connectivity index (χ3n) is 6.34. The molecule has 154 valence electrons. The van der Waals surface area contributed by atoms with Gasteiger partial charge in [-0.05, 0) is 30.7 Å². The Morgan fingerprint density at radius 1 is 1.21 bits per heavy atom. The van der Waals surface area contributed by atoms with Gasteiger partial charge in [-0.15, -0.1) is 0 Å². The molecule has 1 aromatic carbocycles. The standard InChI is InChI=1S/C22H26FN3O3/c1-14-18(7-8-24(14)2)22(28)25-10-16-11-26(20(27)13-29-3)21(19(16)12-25)15-5-4-6-17(23)9-15/h4-9,16,19,21H,10-13H2,1-3H3/t16-,19-,21+/m1/s1. The highest BCUT2D eigenvalue weighted by Crippen LogP contribution is 2.45. The lowest BCUT2D eigenvalue weighted by atomic mass is 9.89. The van der Waals surface area contributed by atoms with Crippen LogP contribution in [0.15, 0.2) is 36.5 Å². The zero-order valence-electron chi connectivity index (χ0n) is 17.0. The molecule has 0 saturated carbocycles. The van der Waals surface area contributed by atoms with Crippen molar-refractivity contribution in [3.63, 3.8) is 0 Å². The number of amides is 2. The summed E-state index contributed by atoms with van der Waals surface area (Å²) in [6, 6.07) is 8.01. The van der Waals surface area contributed by atoms with E-state index >= 15 is 0 Å². The first-order valence-electron chi connectivity index (χ1n) is 9.85. The zero-order valence-corrected chi connectivity index (χ0v) is 17.0. The van der Waals surface area contributed by atoms with Crippen molar-refractivity contribution in [2.75, 3.05) is 33.4 Å². The number of aromatic nitrogens is 1. The average molecular weight is 399 g/mol. The molecular weight excluding hydrogens is 373 g/mol. The summed E-state index contributed by atoms with van der Waals surface area (Å²) >= 11 is 0. The lowest BCUT2D eigenvalue weighted by Gasteiger charge is -2.30. The van der Waals surface area contributed by atoms with Crippen molar-refractivity contribution in [3.8, 4) is 0 Å². The lowest BCUT2D eigenvalue weighted by Crippen LogP contribution is -2.39. The molecule has 2 saturated heterocycles. The SMILES string of the molecule is COCC(=O)N1C[C@H]2CN(C(=O)c3ccn(C)c3C)C[C@H]2[C@@H]1c1cccc(F)c1. The van der Waals surface area contributed by atoms with Gasteiger partial charge in [-0.1, -0.05) is 12.1 Å². The monoisotopic (exact) mass is 399 g/mol. The third kappa shape index (κ3) is 3.44. The van der Waals surface area contributed by atoms with Crippen LogP contribution in [0.2, 0.25) is 0 Å². The topological polar surface area (TPSA) is 54.8 Å². The molecule has 0 bridgehead atoms. The maximum Gasteiger partial charge on any atom is 0.255 e. The van der Waals surface area contributed by atoms with Gasteiger partial charge in [0.05, 0.1) is 11.6 Å². The van der Waals surface area contributed by atoms with E-state index in [9.17, 15) is 14.0 Å². The van der Waals surface area contributed by atoms with E-state index in [0.29, 0.717) is 25.2 Å². The summed E-state index contributed by atoms with van der Waals surface area (Å²) in [6.07, 6.45) is 1.89. The van der Waals surface area contributed by atoms with Gasteiger partial charge in [-0.3, -0.25) is 9.59 Å². The maximum atomic E-state index is 13.9. The van der Waals surface area contributed by atoms with E-state index in [4.69, 9.17) is 4.74 Å². The van der Waals surface area contributed by atoms with E-state index in [0.717, 1.165) is 11.3 Å². The molecular formula is C22H26FN3O3. The molecule has 3 heterocycles. The Labute approximate surface area is 169 Å². The van der Waals surface area contributed by atoms with Crippen LogP contribution in [-0.2, 0) is 16.6 Å². The fraction of sp³-hybridized carbons (Fsp3) is 0.455. The second-order valence-corrected chi connectivity index (χ2v) is 8.04. The van der Waals surface area contributed by atoms with E-state index in [1.54, 1.807) is 11.0 Å². The highest BCUT2D eigenvalue weighted by atomic mass is 19.1. The van der Waals surface area contributed by atoms with Crippen LogP contribution in [0.25, 0.3) is 0 Å². The molecule has 2 aliphatic rings. The Hall–Kier alpha value is -2.67. The second-order valence-electron chi connectivity index (χ2n) is 8.04. The van der Waals surface area contributed by atoms with Gasteiger partial charge in [0.25, 0.3) is 5.91 Å². The normalized spacial score (nSPS) is 23.5. The van der Waals surface area contributed by atoms with E-state index in [-0.39, 0.29) is 42.1 Å². The molecule has 29 heavy (non-hydrogen) atoms. The average Bonchev–Trinajstić information content (AvgIpc) is 3.34. The summed E-state index contributed by atoms with van der Waals surface area (Å²) in [5.41, 5.74) is 2.42. The van der Waals surface area contributed by atoms with E-state index in [1.807, 2.05) is 41.8 Å². The van der Waals surface area contributed by atoms with E-state index < -0.39 is 0 Å². The molecule has 6 nitrogen and oxygen atoms in total. The minimum atomic E-state index is -0.323. The van der Waals surface area contributed by atoms with Crippen LogP contribution < -0.4 is 0 Å². The van der Waals surface area contributed by atoms with Gasteiger partial charge in [0.2, 0.25) is 5.91 Å². The van der Waals surface area contributed by atoms with Crippen molar-refractivity contribution in [3.05, 3.63) is 59.2 Å². The molecule has 2 amide bonds. The third-order valence-corrected chi connectivity index (χ3v) is 6.34. The highest BCUT2D eigenvalue weighted by Gasteiger charge is 2.50. The molecule has 2 fully saturated rings. The Bertz CT molecular complexity index is 941. The van der Waals surface area contributed by atoms with Crippen molar-refractivity contribution in [1.82, 2.24) is 14.4 Å². The van der Waals surface area contributed by atoms with Gasteiger partial charge in [0, 0.05) is 57.5 Å². The first-order chi connectivity index (χ1) is 13.9. The zero-order chi connectivity index (χ0) is 20.7. The number of carbonyl (C=O) groups excluding carboxylic acids is 2. The molecule has 2 aromatic rings. The Morgan fingerprint density at radius 2 is 2.00 bits per heavy atom. The van der Waals surface area contributed by atoms with Crippen LogP contribution in [0.4, 0.5) is 4.39 Å². The highest BCUT2D eigenvalue weighted by molar-refractivity contribution is 5.95. The molecule has 1 aromatic heterocycles. The minimum Gasteiger partial charge on any atom is -0.375 e. The van der Waals surface area contributed by atoms with Crippen LogP contribution in [-0.4, -0.2) is 59.5 Å². The van der Waals surface area contributed by atoms with E-state index in [1.165, 1.54) is 19.2 Å². The van der Waals surface area contributed by atoms with Crippen molar-refractivity contribution in [1.29, 1.82) is 0 Å². The number of hydrogen-bond donors (Lipinski definition) is 0. The number of halogens is 1. The Morgan fingerprint density at radius 3 is 2.66 bits per heavy atom. The maximum absolute atomic E-state index is 13.9. The van der Waals surface area contributed by atoms with Crippen molar-refractivity contribution >= 4 is 11.8 Å². The first kappa shape index (κ1) is 19.6. The number of benzene rings is 1. The fourth-order valence-corrected chi connectivity index (χ4v) is 4.80. The van der Waals surface area contributed by atoms with E-state index in [2.05, 4.69) is 0 Å². The van der Waals surface area contributed by atoms with Gasteiger partial charge >= 0.3 is 0 Å². The smallest absolute Gasteiger partial charge is 0.255 e. The molecule has 0 spiro atoms. The predicted octanol–water partition coefficient (Wildman–Crippen LogP) is 2.39. The van der Waals surface area contributed by atoms with Crippen LogP contribution in [0, 0.1) is 24.6 Å². The van der Waals surface area contributed by atoms with Crippen LogP contribution in [0.1, 0.15) is 27.7 Å². The fourth-order valence-electron chi connectivity index (χ4n) is 4.80. The predicted molar refractivity (Wildman–Crippen MR) is 106 cm³/mol. The number of likely N-dealkylation sites (tertiary alicyclic amines) is 2. The summed E-state index contributed by atoms with van der Waals surface area (Å²) in [6.45, 7) is 3.63. The number of methoxy groups -OCH3 is 1. The van der Waals surface area contributed by atoms with Gasteiger partial charge in [-0.25, -0.2) is 4.39 Å². The number of rotatable bonds is 4. The summed E-state index contributed by atoms with van der Waals surface area (Å²) in [5, 5.41) is 0. The van der Waals surface area contributed by atoms with Gasteiger partial charge in [0.15, 0.2) is 0 Å². The largest absolute Gasteiger partial charge is 0.375 e. The lowest BCUT2D eigenvalue weighted by molar-refractivity contribution is -0.136. The molecule has 0 unspecified atom stereocenters. The van der Waals surface area contributed by atoms with Crippen LogP contribution in [0.3, 0.4) is 0 Å². The van der Waals surface area contributed by atoms with Crippen LogP contribution >= 0.6 is 0 Å². The Balaban J connectivity index is 1.61. The number of ether oxygens (including phenoxy) is 1. The quantitative estimate of drug-likeness (QED) is 0.793. The van der Waals surface area contributed by atoms with Gasteiger partial charge in [-0.2, -0.15) is 0 Å². The second kappa shape index (κ2) is 7.63. The number of nitrogens with zero attached hydrogens (tertiary/aromatic N) is 3. The molecule has 0 N–H and O–H groups in total. The summed E-state index contributed by atoms with van der Waals surface area (Å²) < 4.78 is 20.9. The molecule has 4 rings (SSSR count). The molecule has 2 aliphatic heterocycles. The van der Waals surface area contributed by atoms with Crippen molar-refractivity contribution in [2.24, 2.45) is 18.9 Å². The Kier molecular flexibility index (Phi) is 5.17. The minimum absolute atomic E-state index is 0.00287. The number of fused-ring (bicyclic) bond motifs is 1. The summed E-state index contributed by atoms with van der Waals surface area (Å²) in [7, 11) is 3.42. The van der Waals surface area contributed by atoms with Gasteiger partial charge in [0.1, 0.15) is 12.4 Å². The number of aryl methyl sites for hydroxylation is 1. The molecule has 0 radical (unpaired) electrons. The first-order valence-corrected chi connectivity index (χ1v) is 9.85. The number of carbonyl (C=O) groups is 2. The summed E-state index contributed by atoms with van der Waals surface area (Å²) in [4.78, 5) is 29.4. The van der Waals surface area contributed by atoms with Crippen LogP contribution in [0.5, 0.6) is 0 Å². The molecule has 3 atom stereocenters. The van der Waals surface area contributed by atoms with Crippen molar-refractivity contribution < 1.29 is 18.7 Å². The molecule has 0 aliphatic carbocycles. The summed E-state index contributed by atoms with van der Waals surface area (Å²) in [5.74, 6) is -0.170. The number of hydrogen-bond acceptors (Lipinski definition) is 3. The van der Waals surface area contributed by atoms with Gasteiger partial charge < -0.3 is 19.1 Å².